The Kier molecular flexibility index (Phi) is 6.29. The lowest BCUT2D eigenvalue weighted by Gasteiger charge is -2.29. The number of nitriles is 1. The molecular weight excluding hydrogens is 377 g/mol. The normalized spacial score (nSPS) is 14.1. The molecule has 1 saturated heterocycles. The summed E-state index contributed by atoms with van der Waals surface area (Å²) in [6, 6.07) is 12.6. The van der Waals surface area contributed by atoms with Crippen molar-refractivity contribution in [1.82, 2.24) is 4.90 Å². The molecular formula is C21H20FN3O4. The van der Waals surface area contributed by atoms with Gasteiger partial charge < -0.3 is 14.7 Å². The van der Waals surface area contributed by atoms with E-state index in [2.05, 4.69) is 5.32 Å². The van der Waals surface area contributed by atoms with Crippen molar-refractivity contribution in [3.8, 4) is 17.2 Å². The van der Waals surface area contributed by atoms with Crippen LogP contribution in [0.25, 0.3) is 11.1 Å². The molecule has 1 aliphatic rings. The Hall–Kier alpha value is -3.60. The lowest BCUT2D eigenvalue weighted by Crippen LogP contribution is -2.38. The molecule has 1 fully saturated rings. The van der Waals surface area contributed by atoms with Crippen LogP contribution in [0, 0.1) is 23.1 Å². The lowest BCUT2D eigenvalue weighted by molar-refractivity contribution is 0.0948. The van der Waals surface area contributed by atoms with Crippen molar-refractivity contribution in [2.45, 2.75) is 12.8 Å². The third-order valence-electron chi connectivity index (χ3n) is 4.88. The van der Waals surface area contributed by atoms with Gasteiger partial charge in [0.2, 0.25) is 0 Å². The third kappa shape index (κ3) is 5.23. The van der Waals surface area contributed by atoms with Gasteiger partial charge in [-0.25, -0.2) is 14.0 Å². The van der Waals surface area contributed by atoms with Crippen molar-refractivity contribution in [2.24, 2.45) is 5.92 Å². The smallest absolute Gasteiger partial charge is 0.411 e. The summed E-state index contributed by atoms with van der Waals surface area (Å²) < 4.78 is 19.0. The molecule has 8 heteroatoms. The number of carboxylic acid groups (broad SMARTS) is 1. The highest BCUT2D eigenvalue weighted by atomic mass is 19.1. The maximum absolute atomic E-state index is 13.8. The molecule has 3 rings (SSSR count). The Morgan fingerprint density at radius 3 is 2.52 bits per heavy atom. The minimum Gasteiger partial charge on any atom is -0.465 e. The standard InChI is InChI=1S/C21H20FN3O4/c22-17-5-6-19(18(11-17)16-3-1-14(12-23)2-4-16)24-20(26)29-13-15-7-9-25(10-8-15)21(27)28/h1-6,11,15H,7-10,13H2,(H,24,26)(H,27,28). The fraction of sp³-hybridized carbons (Fsp3) is 0.286. The van der Waals surface area contributed by atoms with Crippen LogP contribution in [0.15, 0.2) is 42.5 Å². The summed E-state index contributed by atoms with van der Waals surface area (Å²) in [6.07, 6.45) is -0.333. The molecule has 2 aromatic carbocycles. The van der Waals surface area contributed by atoms with Gasteiger partial charge in [0.15, 0.2) is 0 Å². The average molecular weight is 397 g/mol. The zero-order valence-corrected chi connectivity index (χ0v) is 15.6. The van der Waals surface area contributed by atoms with Crippen LogP contribution in [-0.4, -0.2) is 41.9 Å². The van der Waals surface area contributed by atoms with Gasteiger partial charge in [0, 0.05) is 18.7 Å². The third-order valence-corrected chi connectivity index (χ3v) is 4.88. The molecule has 0 saturated carbocycles. The largest absolute Gasteiger partial charge is 0.465 e. The molecule has 0 atom stereocenters. The summed E-state index contributed by atoms with van der Waals surface area (Å²) in [7, 11) is 0. The Morgan fingerprint density at radius 1 is 1.21 bits per heavy atom. The first-order valence-corrected chi connectivity index (χ1v) is 9.18. The molecule has 1 aliphatic heterocycles. The van der Waals surface area contributed by atoms with E-state index in [0.29, 0.717) is 48.3 Å². The maximum Gasteiger partial charge on any atom is 0.411 e. The number of piperidine rings is 1. The zero-order valence-electron chi connectivity index (χ0n) is 15.6. The number of likely N-dealkylation sites (tertiary alicyclic amines) is 1. The number of amides is 2. The van der Waals surface area contributed by atoms with Crippen molar-refractivity contribution >= 4 is 17.9 Å². The number of rotatable bonds is 4. The molecule has 0 bridgehead atoms. The quantitative estimate of drug-likeness (QED) is 0.801. The monoisotopic (exact) mass is 397 g/mol. The van der Waals surface area contributed by atoms with Crippen LogP contribution in [0.4, 0.5) is 19.7 Å². The van der Waals surface area contributed by atoms with Gasteiger partial charge in [0.1, 0.15) is 5.82 Å². The van der Waals surface area contributed by atoms with Gasteiger partial charge in [-0.15, -0.1) is 0 Å². The summed E-state index contributed by atoms with van der Waals surface area (Å²) >= 11 is 0. The van der Waals surface area contributed by atoms with E-state index in [1.54, 1.807) is 24.3 Å². The number of carbonyl (C=O) groups excluding carboxylic acids is 1. The van der Waals surface area contributed by atoms with E-state index in [-0.39, 0.29) is 12.5 Å². The van der Waals surface area contributed by atoms with Crippen LogP contribution in [-0.2, 0) is 4.74 Å². The van der Waals surface area contributed by atoms with Crippen molar-refractivity contribution in [2.75, 3.05) is 25.0 Å². The SMILES string of the molecule is N#Cc1ccc(-c2cc(F)ccc2NC(=O)OCC2CCN(C(=O)O)CC2)cc1. The number of halogens is 1. The highest BCUT2D eigenvalue weighted by molar-refractivity contribution is 5.91. The van der Waals surface area contributed by atoms with Crippen LogP contribution in [0.3, 0.4) is 0 Å². The maximum atomic E-state index is 13.8. The Bertz CT molecular complexity index is 932. The molecule has 2 N–H and O–H groups in total. The number of anilines is 1. The second-order valence-electron chi connectivity index (χ2n) is 6.82. The number of carbonyl (C=O) groups is 2. The molecule has 2 aromatic rings. The van der Waals surface area contributed by atoms with Gasteiger partial charge >= 0.3 is 12.2 Å². The first kappa shape index (κ1) is 20.1. The molecule has 0 aromatic heterocycles. The minimum absolute atomic E-state index is 0.0996. The number of nitrogens with one attached hydrogen (secondary N) is 1. The molecule has 29 heavy (non-hydrogen) atoms. The summed E-state index contributed by atoms with van der Waals surface area (Å²) in [5.41, 5.74) is 2.00. The van der Waals surface area contributed by atoms with E-state index >= 15 is 0 Å². The molecule has 0 spiro atoms. The fourth-order valence-corrected chi connectivity index (χ4v) is 3.22. The second-order valence-corrected chi connectivity index (χ2v) is 6.82. The number of nitrogens with zero attached hydrogens (tertiary/aromatic N) is 2. The Morgan fingerprint density at radius 2 is 1.90 bits per heavy atom. The van der Waals surface area contributed by atoms with E-state index in [9.17, 15) is 14.0 Å². The summed E-state index contributed by atoms with van der Waals surface area (Å²) in [5, 5.41) is 20.5. The molecule has 2 amide bonds. The highest BCUT2D eigenvalue weighted by Gasteiger charge is 2.23. The van der Waals surface area contributed by atoms with Crippen LogP contribution >= 0.6 is 0 Å². The fourth-order valence-electron chi connectivity index (χ4n) is 3.22. The van der Waals surface area contributed by atoms with Crippen molar-refractivity contribution in [1.29, 1.82) is 5.26 Å². The number of hydrogen-bond acceptors (Lipinski definition) is 4. The molecule has 0 unspecified atom stereocenters. The second kappa shape index (κ2) is 9.06. The van der Waals surface area contributed by atoms with Crippen molar-refractivity contribution < 1.29 is 23.8 Å². The van der Waals surface area contributed by atoms with Gasteiger partial charge in [-0.1, -0.05) is 12.1 Å². The van der Waals surface area contributed by atoms with E-state index in [1.807, 2.05) is 6.07 Å². The molecule has 1 heterocycles. The minimum atomic E-state index is -0.936. The van der Waals surface area contributed by atoms with Crippen molar-refractivity contribution in [3.63, 3.8) is 0 Å². The Labute approximate surface area is 167 Å². The van der Waals surface area contributed by atoms with Gasteiger partial charge in [-0.05, 0) is 54.7 Å². The number of ether oxygens (including phenoxy) is 1. The zero-order chi connectivity index (χ0) is 20.8. The van der Waals surface area contributed by atoms with Gasteiger partial charge in [0.25, 0.3) is 0 Å². The van der Waals surface area contributed by atoms with E-state index in [4.69, 9.17) is 15.1 Å². The molecule has 150 valence electrons. The predicted octanol–water partition coefficient (Wildman–Crippen LogP) is 4.30. The first-order chi connectivity index (χ1) is 14.0. The van der Waals surface area contributed by atoms with E-state index in [1.165, 1.54) is 23.1 Å². The predicted molar refractivity (Wildman–Crippen MR) is 104 cm³/mol. The molecule has 0 aliphatic carbocycles. The topological polar surface area (TPSA) is 103 Å². The van der Waals surface area contributed by atoms with Gasteiger partial charge in [-0.3, -0.25) is 5.32 Å². The van der Waals surface area contributed by atoms with Crippen LogP contribution in [0.2, 0.25) is 0 Å². The number of benzene rings is 2. The average Bonchev–Trinajstić information content (AvgIpc) is 2.74. The Balaban J connectivity index is 1.62. The van der Waals surface area contributed by atoms with Gasteiger partial charge in [0.05, 0.1) is 23.9 Å². The summed E-state index contributed by atoms with van der Waals surface area (Å²) in [4.78, 5) is 24.5. The van der Waals surface area contributed by atoms with Crippen LogP contribution < -0.4 is 5.32 Å². The van der Waals surface area contributed by atoms with E-state index < -0.39 is 18.0 Å². The van der Waals surface area contributed by atoms with Crippen LogP contribution in [0.5, 0.6) is 0 Å². The molecule has 0 radical (unpaired) electrons. The highest BCUT2D eigenvalue weighted by Crippen LogP contribution is 2.29. The lowest BCUT2D eigenvalue weighted by atomic mass is 9.98. The van der Waals surface area contributed by atoms with Gasteiger partial charge in [-0.2, -0.15) is 5.26 Å². The van der Waals surface area contributed by atoms with E-state index in [0.717, 1.165) is 0 Å². The van der Waals surface area contributed by atoms with Crippen molar-refractivity contribution in [3.05, 3.63) is 53.8 Å². The summed E-state index contributed by atoms with van der Waals surface area (Å²) in [5.74, 6) is -0.351. The molecule has 7 nitrogen and oxygen atoms in total. The van der Waals surface area contributed by atoms with Crippen LogP contribution in [0.1, 0.15) is 18.4 Å². The first-order valence-electron chi connectivity index (χ1n) is 9.18. The summed E-state index contributed by atoms with van der Waals surface area (Å²) in [6.45, 7) is 1.03. The number of hydrogen-bond donors (Lipinski definition) is 2.